The Hall–Kier alpha value is -3.75. The fourth-order valence-corrected chi connectivity index (χ4v) is 3.28. The van der Waals surface area contributed by atoms with Crippen LogP contribution >= 0.6 is 0 Å². The lowest BCUT2D eigenvalue weighted by atomic mass is 9.87. The summed E-state index contributed by atoms with van der Waals surface area (Å²) in [5.74, 6) is -1.38. The first-order valence-electron chi connectivity index (χ1n) is 8.96. The van der Waals surface area contributed by atoms with E-state index < -0.39 is 34.9 Å². The fraction of sp³-hybridized carbons (Fsp3) is 0.250. The number of nitro benzene ring substituents is 1. The van der Waals surface area contributed by atoms with E-state index >= 15 is 0 Å². The number of ether oxygens (including phenoxy) is 1. The van der Waals surface area contributed by atoms with Crippen LogP contribution in [0.1, 0.15) is 24.5 Å². The number of urea groups is 1. The maximum absolute atomic E-state index is 13.0. The molecule has 9 nitrogen and oxygen atoms in total. The molecule has 0 aliphatic carbocycles. The van der Waals surface area contributed by atoms with Crippen molar-refractivity contribution >= 4 is 23.6 Å². The predicted molar refractivity (Wildman–Crippen MR) is 102 cm³/mol. The summed E-state index contributed by atoms with van der Waals surface area (Å²) in [7, 11) is 0. The molecule has 1 saturated heterocycles. The van der Waals surface area contributed by atoms with Gasteiger partial charge in [0.05, 0.1) is 10.5 Å². The van der Waals surface area contributed by atoms with Gasteiger partial charge in [-0.25, -0.2) is 4.79 Å². The molecule has 0 spiro atoms. The fourth-order valence-electron chi connectivity index (χ4n) is 3.28. The molecule has 0 saturated carbocycles. The highest BCUT2D eigenvalue weighted by molar-refractivity contribution is 6.09. The maximum Gasteiger partial charge on any atom is 0.326 e. The van der Waals surface area contributed by atoms with E-state index in [2.05, 4.69) is 5.32 Å². The number of nitrogens with zero attached hydrogens (tertiary/aromatic N) is 2. The number of imide groups is 1. The molecule has 3 amide bonds. The number of carbonyl (C=O) groups excluding carboxylic acids is 3. The molecule has 150 valence electrons. The van der Waals surface area contributed by atoms with Crippen LogP contribution in [0.3, 0.4) is 0 Å². The summed E-state index contributed by atoms with van der Waals surface area (Å²) >= 11 is 0. The number of nitro groups is 1. The van der Waals surface area contributed by atoms with Crippen LogP contribution in [0.25, 0.3) is 0 Å². The molecule has 2 aromatic carbocycles. The SMILES string of the molecule is CCC1(c2ccccc2)NC(=O)N(CC(=O)OCc2ccccc2[N+](=O)[O-])C1=O. The molecular weight excluding hydrogens is 378 g/mol. The minimum absolute atomic E-state index is 0.177. The van der Waals surface area contributed by atoms with Gasteiger partial charge >= 0.3 is 12.0 Å². The van der Waals surface area contributed by atoms with Crippen molar-refractivity contribution in [3.8, 4) is 0 Å². The van der Waals surface area contributed by atoms with Gasteiger partial charge in [-0.3, -0.25) is 24.6 Å². The number of hydrogen-bond acceptors (Lipinski definition) is 6. The first kappa shape index (κ1) is 20.0. The number of nitrogens with one attached hydrogen (secondary N) is 1. The van der Waals surface area contributed by atoms with Crippen molar-refractivity contribution < 1.29 is 24.0 Å². The van der Waals surface area contributed by atoms with Gasteiger partial charge in [0.25, 0.3) is 11.6 Å². The monoisotopic (exact) mass is 397 g/mol. The van der Waals surface area contributed by atoms with Crippen LogP contribution in [0.15, 0.2) is 54.6 Å². The summed E-state index contributed by atoms with van der Waals surface area (Å²) < 4.78 is 5.07. The number of rotatable bonds is 7. The zero-order chi connectivity index (χ0) is 21.0. The van der Waals surface area contributed by atoms with Crippen LogP contribution in [0, 0.1) is 10.1 Å². The minimum atomic E-state index is -1.24. The predicted octanol–water partition coefficient (Wildman–Crippen LogP) is 2.50. The Kier molecular flexibility index (Phi) is 5.58. The summed E-state index contributed by atoms with van der Waals surface area (Å²) in [6.45, 7) is 0.846. The van der Waals surface area contributed by atoms with Crippen molar-refractivity contribution in [2.24, 2.45) is 0 Å². The van der Waals surface area contributed by atoms with Crippen molar-refractivity contribution in [3.05, 3.63) is 75.8 Å². The van der Waals surface area contributed by atoms with Crippen molar-refractivity contribution in [3.63, 3.8) is 0 Å². The van der Waals surface area contributed by atoms with E-state index in [4.69, 9.17) is 4.74 Å². The molecule has 1 N–H and O–H groups in total. The average molecular weight is 397 g/mol. The third-order valence-corrected chi connectivity index (χ3v) is 4.84. The Morgan fingerprint density at radius 3 is 2.45 bits per heavy atom. The highest BCUT2D eigenvalue weighted by Crippen LogP contribution is 2.32. The molecular formula is C20H19N3O6. The van der Waals surface area contributed by atoms with Crippen LogP contribution in [-0.4, -0.2) is 34.3 Å². The second-order valence-electron chi connectivity index (χ2n) is 6.49. The quantitative estimate of drug-likeness (QED) is 0.332. The third-order valence-electron chi connectivity index (χ3n) is 4.84. The Bertz CT molecular complexity index is 962. The second kappa shape index (κ2) is 8.09. The van der Waals surface area contributed by atoms with Crippen molar-refractivity contribution in [1.29, 1.82) is 0 Å². The zero-order valence-corrected chi connectivity index (χ0v) is 15.7. The van der Waals surface area contributed by atoms with E-state index in [-0.39, 0.29) is 17.9 Å². The lowest BCUT2D eigenvalue weighted by molar-refractivity contribution is -0.385. The van der Waals surface area contributed by atoms with E-state index in [1.165, 1.54) is 18.2 Å². The topological polar surface area (TPSA) is 119 Å². The number of hydrogen-bond donors (Lipinski definition) is 1. The number of benzene rings is 2. The molecule has 0 radical (unpaired) electrons. The number of amides is 3. The average Bonchev–Trinajstić information content (AvgIpc) is 2.98. The van der Waals surface area contributed by atoms with E-state index in [1.807, 2.05) is 0 Å². The Labute approximate surface area is 166 Å². The molecule has 0 bridgehead atoms. The molecule has 1 aliphatic heterocycles. The molecule has 9 heteroatoms. The Morgan fingerprint density at radius 1 is 1.14 bits per heavy atom. The van der Waals surface area contributed by atoms with Crippen LogP contribution in [0.2, 0.25) is 0 Å². The van der Waals surface area contributed by atoms with E-state index in [9.17, 15) is 24.5 Å². The number of esters is 1. The van der Waals surface area contributed by atoms with Crippen LogP contribution < -0.4 is 5.32 Å². The molecule has 0 aromatic heterocycles. The first-order valence-corrected chi connectivity index (χ1v) is 8.96. The van der Waals surface area contributed by atoms with Crippen molar-refractivity contribution in [1.82, 2.24) is 10.2 Å². The highest BCUT2D eigenvalue weighted by atomic mass is 16.6. The van der Waals surface area contributed by atoms with Gasteiger partial charge < -0.3 is 10.1 Å². The van der Waals surface area contributed by atoms with Crippen LogP contribution in [0.5, 0.6) is 0 Å². The molecule has 1 aliphatic rings. The van der Waals surface area contributed by atoms with E-state index in [1.54, 1.807) is 43.3 Å². The zero-order valence-electron chi connectivity index (χ0n) is 15.7. The lowest BCUT2D eigenvalue weighted by Crippen LogP contribution is -2.43. The van der Waals surface area contributed by atoms with E-state index in [0.29, 0.717) is 12.0 Å². The van der Waals surface area contributed by atoms with Crippen LogP contribution in [0.4, 0.5) is 10.5 Å². The second-order valence-corrected chi connectivity index (χ2v) is 6.49. The molecule has 1 fully saturated rings. The summed E-state index contributed by atoms with van der Waals surface area (Å²) in [6, 6.07) is 14.0. The number of carbonyl (C=O) groups is 3. The van der Waals surface area contributed by atoms with Gasteiger partial charge in [-0.2, -0.15) is 0 Å². The normalized spacial score (nSPS) is 18.4. The van der Waals surface area contributed by atoms with Crippen molar-refractivity contribution in [2.75, 3.05) is 6.54 Å². The third kappa shape index (κ3) is 3.79. The summed E-state index contributed by atoms with van der Waals surface area (Å²) in [4.78, 5) is 48.8. The van der Waals surface area contributed by atoms with Crippen molar-refractivity contribution in [2.45, 2.75) is 25.5 Å². The molecule has 2 aromatic rings. The molecule has 1 unspecified atom stereocenters. The van der Waals surface area contributed by atoms with Gasteiger partial charge in [0.2, 0.25) is 0 Å². The van der Waals surface area contributed by atoms with Gasteiger partial charge in [-0.05, 0) is 18.1 Å². The summed E-state index contributed by atoms with van der Waals surface area (Å²) in [5.41, 5.74) is -0.576. The molecule has 3 rings (SSSR count). The Balaban J connectivity index is 1.70. The highest BCUT2D eigenvalue weighted by Gasteiger charge is 2.51. The number of para-hydroxylation sites is 1. The van der Waals surface area contributed by atoms with E-state index in [0.717, 1.165) is 4.90 Å². The Morgan fingerprint density at radius 2 is 1.79 bits per heavy atom. The first-order chi connectivity index (χ1) is 13.9. The van der Waals surface area contributed by atoms with Crippen LogP contribution in [-0.2, 0) is 26.5 Å². The molecule has 1 atom stereocenters. The molecule has 29 heavy (non-hydrogen) atoms. The van der Waals surface area contributed by atoms with Gasteiger partial charge in [-0.15, -0.1) is 0 Å². The standard InChI is InChI=1S/C20H19N3O6/c1-2-20(15-9-4-3-5-10-15)18(25)22(19(26)21-20)12-17(24)29-13-14-8-6-7-11-16(14)23(27)28/h3-11H,2,12-13H2,1H3,(H,21,26). The largest absolute Gasteiger partial charge is 0.459 e. The van der Waals surface area contributed by atoms with Gasteiger partial charge in [0.15, 0.2) is 0 Å². The van der Waals surface area contributed by atoms with Gasteiger partial charge in [0.1, 0.15) is 18.7 Å². The lowest BCUT2D eigenvalue weighted by Gasteiger charge is -2.25. The molecule has 1 heterocycles. The van der Waals surface area contributed by atoms with Gasteiger partial charge in [0, 0.05) is 6.07 Å². The van der Waals surface area contributed by atoms with Gasteiger partial charge in [-0.1, -0.05) is 49.4 Å². The smallest absolute Gasteiger partial charge is 0.326 e. The minimum Gasteiger partial charge on any atom is -0.459 e. The summed E-state index contributed by atoms with van der Waals surface area (Å²) in [6.07, 6.45) is 0.309. The maximum atomic E-state index is 13.0. The summed E-state index contributed by atoms with van der Waals surface area (Å²) in [5, 5.41) is 13.7.